The SMILES string of the molecule is CC(C)N(CCO)CC(O)c1cccc(N)c1. The summed E-state index contributed by atoms with van der Waals surface area (Å²) < 4.78 is 0. The molecule has 0 aromatic heterocycles. The quantitative estimate of drug-likeness (QED) is 0.647. The summed E-state index contributed by atoms with van der Waals surface area (Å²) in [7, 11) is 0. The lowest BCUT2D eigenvalue weighted by Gasteiger charge is -2.28. The summed E-state index contributed by atoms with van der Waals surface area (Å²) in [6, 6.07) is 7.56. The topological polar surface area (TPSA) is 69.7 Å². The Morgan fingerprint density at radius 3 is 2.59 bits per heavy atom. The summed E-state index contributed by atoms with van der Waals surface area (Å²) in [6.45, 7) is 5.25. The Bertz CT molecular complexity index is 342. The first-order valence-electron chi connectivity index (χ1n) is 5.93. The van der Waals surface area contributed by atoms with Gasteiger partial charge in [0.2, 0.25) is 0 Å². The second-order valence-electron chi connectivity index (χ2n) is 4.50. The van der Waals surface area contributed by atoms with Crippen LogP contribution < -0.4 is 5.73 Å². The van der Waals surface area contributed by atoms with Crippen LogP contribution in [-0.2, 0) is 0 Å². The van der Waals surface area contributed by atoms with Crippen LogP contribution in [0.25, 0.3) is 0 Å². The third-order valence-corrected chi connectivity index (χ3v) is 2.82. The average molecular weight is 238 g/mol. The first kappa shape index (κ1) is 14.0. The number of nitrogens with two attached hydrogens (primary N) is 1. The minimum absolute atomic E-state index is 0.0990. The van der Waals surface area contributed by atoms with Crippen LogP contribution in [0.5, 0.6) is 0 Å². The zero-order chi connectivity index (χ0) is 12.8. The van der Waals surface area contributed by atoms with E-state index in [2.05, 4.69) is 0 Å². The smallest absolute Gasteiger partial charge is 0.0917 e. The molecular formula is C13H22N2O2. The van der Waals surface area contributed by atoms with Crippen LogP contribution in [0.1, 0.15) is 25.5 Å². The molecule has 4 heteroatoms. The normalized spacial score (nSPS) is 13.3. The van der Waals surface area contributed by atoms with Crippen molar-refractivity contribution in [2.75, 3.05) is 25.4 Å². The highest BCUT2D eigenvalue weighted by molar-refractivity contribution is 5.41. The van der Waals surface area contributed by atoms with Crippen molar-refractivity contribution in [2.45, 2.75) is 26.0 Å². The maximum absolute atomic E-state index is 10.1. The van der Waals surface area contributed by atoms with Gasteiger partial charge in [0.15, 0.2) is 0 Å². The summed E-state index contributed by atoms with van der Waals surface area (Å²) >= 11 is 0. The maximum Gasteiger partial charge on any atom is 0.0917 e. The summed E-state index contributed by atoms with van der Waals surface area (Å²) in [5.41, 5.74) is 7.15. The molecule has 17 heavy (non-hydrogen) atoms. The van der Waals surface area contributed by atoms with Gasteiger partial charge in [0, 0.05) is 24.8 Å². The van der Waals surface area contributed by atoms with Crippen molar-refractivity contribution >= 4 is 5.69 Å². The molecule has 0 amide bonds. The van der Waals surface area contributed by atoms with Gasteiger partial charge in [-0.1, -0.05) is 12.1 Å². The van der Waals surface area contributed by atoms with Gasteiger partial charge < -0.3 is 15.9 Å². The zero-order valence-electron chi connectivity index (χ0n) is 10.5. The average Bonchev–Trinajstić information content (AvgIpc) is 2.28. The molecule has 0 saturated carbocycles. The Morgan fingerprint density at radius 1 is 1.35 bits per heavy atom. The predicted octanol–water partition coefficient (Wildman–Crippen LogP) is 1.00. The fraction of sp³-hybridized carbons (Fsp3) is 0.538. The fourth-order valence-corrected chi connectivity index (χ4v) is 1.78. The number of aliphatic hydroxyl groups is 2. The van der Waals surface area contributed by atoms with Crippen molar-refractivity contribution in [1.82, 2.24) is 4.90 Å². The number of benzene rings is 1. The van der Waals surface area contributed by atoms with E-state index in [1.54, 1.807) is 12.1 Å². The maximum atomic E-state index is 10.1. The number of hydrogen-bond donors (Lipinski definition) is 3. The molecule has 0 aliphatic carbocycles. The highest BCUT2D eigenvalue weighted by Crippen LogP contribution is 2.17. The second-order valence-corrected chi connectivity index (χ2v) is 4.50. The van der Waals surface area contributed by atoms with E-state index in [1.165, 1.54) is 0 Å². The molecule has 96 valence electrons. The fourth-order valence-electron chi connectivity index (χ4n) is 1.78. The van der Waals surface area contributed by atoms with Crippen LogP contribution in [-0.4, -0.2) is 40.9 Å². The highest BCUT2D eigenvalue weighted by Gasteiger charge is 2.15. The molecule has 1 aromatic rings. The van der Waals surface area contributed by atoms with E-state index in [-0.39, 0.29) is 12.6 Å². The van der Waals surface area contributed by atoms with Crippen LogP contribution in [0.4, 0.5) is 5.69 Å². The molecule has 4 N–H and O–H groups in total. The lowest BCUT2D eigenvalue weighted by atomic mass is 10.1. The Kier molecular flexibility index (Phi) is 5.41. The third kappa shape index (κ3) is 4.34. The molecule has 0 aliphatic heterocycles. The number of nitrogen functional groups attached to an aromatic ring is 1. The van der Waals surface area contributed by atoms with Crippen LogP contribution in [0.3, 0.4) is 0 Å². The van der Waals surface area contributed by atoms with E-state index in [1.807, 2.05) is 30.9 Å². The van der Waals surface area contributed by atoms with Crippen molar-refractivity contribution in [3.8, 4) is 0 Å². The molecule has 0 spiro atoms. The molecule has 1 aromatic carbocycles. The van der Waals surface area contributed by atoms with Gasteiger partial charge in [0.1, 0.15) is 0 Å². The molecule has 4 nitrogen and oxygen atoms in total. The second kappa shape index (κ2) is 6.59. The third-order valence-electron chi connectivity index (χ3n) is 2.82. The predicted molar refractivity (Wildman–Crippen MR) is 69.6 cm³/mol. The molecule has 0 radical (unpaired) electrons. The lowest BCUT2D eigenvalue weighted by molar-refractivity contribution is 0.0820. The lowest BCUT2D eigenvalue weighted by Crippen LogP contribution is -2.36. The van der Waals surface area contributed by atoms with E-state index in [0.29, 0.717) is 18.8 Å². The minimum Gasteiger partial charge on any atom is -0.399 e. The molecular weight excluding hydrogens is 216 g/mol. The molecule has 0 bridgehead atoms. The van der Waals surface area contributed by atoms with Crippen molar-refractivity contribution in [3.05, 3.63) is 29.8 Å². The molecule has 0 heterocycles. The van der Waals surface area contributed by atoms with Crippen molar-refractivity contribution in [2.24, 2.45) is 0 Å². The Morgan fingerprint density at radius 2 is 2.06 bits per heavy atom. The van der Waals surface area contributed by atoms with Crippen LogP contribution in [0, 0.1) is 0 Å². The van der Waals surface area contributed by atoms with Gasteiger partial charge in [-0.2, -0.15) is 0 Å². The van der Waals surface area contributed by atoms with Gasteiger partial charge in [0.05, 0.1) is 12.7 Å². The molecule has 0 saturated heterocycles. The van der Waals surface area contributed by atoms with E-state index < -0.39 is 6.10 Å². The number of rotatable bonds is 6. The van der Waals surface area contributed by atoms with Crippen molar-refractivity contribution in [3.63, 3.8) is 0 Å². The van der Waals surface area contributed by atoms with Gasteiger partial charge in [0.25, 0.3) is 0 Å². The number of hydrogen-bond acceptors (Lipinski definition) is 4. The van der Waals surface area contributed by atoms with Crippen LogP contribution in [0.2, 0.25) is 0 Å². The minimum atomic E-state index is -0.576. The van der Waals surface area contributed by atoms with Crippen LogP contribution >= 0.6 is 0 Å². The highest BCUT2D eigenvalue weighted by atomic mass is 16.3. The molecule has 0 fully saturated rings. The number of aliphatic hydroxyl groups excluding tert-OH is 2. The number of anilines is 1. The first-order valence-corrected chi connectivity index (χ1v) is 5.93. The van der Waals surface area contributed by atoms with Crippen LogP contribution in [0.15, 0.2) is 24.3 Å². The zero-order valence-corrected chi connectivity index (χ0v) is 10.5. The summed E-state index contributed by atoms with van der Waals surface area (Å²) in [6.07, 6.45) is -0.576. The standard InChI is InChI=1S/C13H22N2O2/c1-10(2)15(6-7-16)9-13(17)11-4-3-5-12(14)8-11/h3-5,8,10,13,16-17H,6-7,9,14H2,1-2H3. The number of nitrogens with zero attached hydrogens (tertiary/aromatic N) is 1. The monoisotopic (exact) mass is 238 g/mol. The molecule has 0 aliphatic rings. The van der Waals surface area contributed by atoms with E-state index >= 15 is 0 Å². The van der Waals surface area contributed by atoms with E-state index in [0.717, 1.165) is 5.56 Å². The molecule has 1 rings (SSSR count). The van der Waals surface area contributed by atoms with Crippen molar-refractivity contribution < 1.29 is 10.2 Å². The van der Waals surface area contributed by atoms with Gasteiger partial charge >= 0.3 is 0 Å². The van der Waals surface area contributed by atoms with Gasteiger partial charge in [-0.15, -0.1) is 0 Å². The first-order chi connectivity index (χ1) is 8.04. The Hall–Kier alpha value is -1.10. The van der Waals surface area contributed by atoms with E-state index in [4.69, 9.17) is 10.8 Å². The van der Waals surface area contributed by atoms with Gasteiger partial charge in [-0.3, -0.25) is 4.90 Å². The van der Waals surface area contributed by atoms with Crippen molar-refractivity contribution in [1.29, 1.82) is 0 Å². The van der Waals surface area contributed by atoms with Gasteiger partial charge in [-0.05, 0) is 31.5 Å². The summed E-state index contributed by atoms with van der Waals surface area (Å²) in [5, 5.41) is 19.1. The molecule has 1 unspecified atom stereocenters. The Balaban J connectivity index is 2.66. The van der Waals surface area contributed by atoms with Gasteiger partial charge in [-0.25, -0.2) is 0 Å². The summed E-state index contributed by atoms with van der Waals surface area (Å²) in [4.78, 5) is 2.04. The summed E-state index contributed by atoms with van der Waals surface area (Å²) in [5.74, 6) is 0. The molecule has 1 atom stereocenters. The Labute approximate surface area is 103 Å². The van der Waals surface area contributed by atoms with E-state index in [9.17, 15) is 5.11 Å². The largest absolute Gasteiger partial charge is 0.399 e.